The standard InChI is InChI=1S/C13H19ClN2O2/c1-3-4-7-16(9-6-14)13(18)11-5-8-15(2)12(17)10-11/h5,8,10H,3-4,6-7,9H2,1-2H3. The number of alkyl halides is 1. The summed E-state index contributed by atoms with van der Waals surface area (Å²) >= 11 is 5.70. The van der Waals surface area contributed by atoms with Gasteiger partial charge in [-0.15, -0.1) is 11.6 Å². The lowest BCUT2D eigenvalue weighted by Gasteiger charge is -2.21. The minimum absolute atomic E-state index is 0.123. The molecular weight excluding hydrogens is 252 g/mol. The first kappa shape index (κ1) is 14.8. The third-order valence-electron chi connectivity index (χ3n) is 2.77. The minimum Gasteiger partial charge on any atom is -0.337 e. The monoisotopic (exact) mass is 270 g/mol. The molecule has 100 valence electrons. The number of carbonyl (C=O) groups excluding carboxylic acids is 1. The van der Waals surface area contributed by atoms with Crippen molar-refractivity contribution in [2.75, 3.05) is 19.0 Å². The van der Waals surface area contributed by atoms with Crippen molar-refractivity contribution in [1.82, 2.24) is 9.47 Å². The van der Waals surface area contributed by atoms with Crippen molar-refractivity contribution >= 4 is 17.5 Å². The number of nitrogens with zero attached hydrogens (tertiary/aromatic N) is 2. The fourth-order valence-corrected chi connectivity index (χ4v) is 1.83. The number of aromatic nitrogens is 1. The highest BCUT2D eigenvalue weighted by molar-refractivity contribution is 6.18. The van der Waals surface area contributed by atoms with Gasteiger partial charge >= 0.3 is 0 Å². The molecule has 1 amide bonds. The number of hydrogen-bond acceptors (Lipinski definition) is 2. The second-order valence-corrected chi connectivity index (χ2v) is 4.58. The molecule has 0 atom stereocenters. The molecule has 1 heterocycles. The number of hydrogen-bond donors (Lipinski definition) is 0. The van der Waals surface area contributed by atoms with Gasteiger partial charge in [-0.05, 0) is 12.5 Å². The van der Waals surface area contributed by atoms with Crippen LogP contribution in [0.25, 0.3) is 0 Å². The highest BCUT2D eigenvalue weighted by Gasteiger charge is 2.15. The first-order valence-electron chi connectivity index (χ1n) is 6.12. The Bertz CT molecular complexity index is 457. The Balaban J connectivity index is 2.87. The molecule has 0 radical (unpaired) electrons. The van der Waals surface area contributed by atoms with Gasteiger partial charge in [0, 0.05) is 43.8 Å². The van der Waals surface area contributed by atoms with Gasteiger partial charge in [-0.25, -0.2) is 0 Å². The summed E-state index contributed by atoms with van der Waals surface area (Å²) in [5, 5.41) is 0. The third kappa shape index (κ3) is 3.88. The Hall–Kier alpha value is -1.29. The zero-order chi connectivity index (χ0) is 13.5. The molecule has 0 spiro atoms. The molecule has 0 aliphatic carbocycles. The maximum Gasteiger partial charge on any atom is 0.254 e. The summed E-state index contributed by atoms with van der Waals surface area (Å²) < 4.78 is 1.44. The lowest BCUT2D eigenvalue weighted by atomic mass is 10.2. The number of amides is 1. The first-order chi connectivity index (χ1) is 8.60. The molecule has 0 aromatic carbocycles. The molecule has 0 aliphatic rings. The van der Waals surface area contributed by atoms with E-state index in [4.69, 9.17) is 11.6 Å². The van der Waals surface area contributed by atoms with E-state index in [-0.39, 0.29) is 11.5 Å². The van der Waals surface area contributed by atoms with Crippen LogP contribution in [0.15, 0.2) is 23.1 Å². The largest absolute Gasteiger partial charge is 0.337 e. The van der Waals surface area contributed by atoms with Crippen LogP contribution in [0.3, 0.4) is 0 Å². The van der Waals surface area contributed by atoms with Gasteiger partial charge in [0.25, 0.3) is 11.5 Å². The summed E-state index contributed by atoms with van der Waals surface area (Å²) in [7, 11) is 1.66. The maximum atomic E-state index is 12.2. The van der Waals surface area contributed by atoms with Gasteiger partial charge in [0.15, 0.2) is 0 Å². The van der Waals surface area contributed by atoms with Gasteiger partial charge in [-0.1, -0.05) is 13.3 Å². The Labute approximate surface area is 112 Å². The molecule has 0 fully saturated rings. The number of carbonyl (C=O) groups is 1. The van der Waals surface area contributed by atoms with E-state index in [2.05, 4.69) is 6.92 Å². The molecule has 0 saturated heterocycles. The molecular formula is C13H19ClN2O2. The van der Waals surface area contributed by atoms with E-state index in [0.29, 0.717) is 24.5 Å². The fourth-order valence-electron chi connectivity index (χ4n) is 1.63. The van der Waals surface area contributed by atoms with Crippen molar-refractivity contribution in [3.63, 3.8) is 0 Å². The van der Waals surface area contributed by atoms with Crippen molar-refractivity contribution in [1.29, 1.82) is 0 Å². The average molecular weight is 271 g/mol. The van der Waals surface area contributed by atoms with E-state index in [0.717, 1.165) is 12.8 Å². The number of halogens is 1. The molecule has 1 aromatic rings. The van der Waals surface area contributed by atoms with E-state index >= 15 is 0 Å². The topological polar surface area (TPSA) is 42.3 Å². The SMILES string of the molecule is CCCCN(CCCl)C(=O)c1ccn(C)c(=O)c1. The van der Waals surface area contributed by atoms with E-state index in [9.17, 15) is 9.59 Å². The van der Waals surface area contributed by atoms with E-state index in [1.165, 1.54) is 10.6 Å². The van der Waals surface area contributed by atoms with Crippen molar-refractivity contribution in [2.45, 2.75) is 19.8 Å². The minimum atomic E-state index is -0.179. The lowest BCUT2D eigenvalue weighted by Crippen LogP contribution is -2.34. The van der Waals surface area contributed by atoms with Crippen molar-refractivity contribution in [3.8, 4) is 0 Å². The Morgan fingerprint density at radius 3 is 2.72 bits per heavy atom. The Kier molecular flexibility index (Phi) is 5.92. The Morgan fingerprint density at radius 1 is 1.44 bits per heavy atom. The zero-order valence-electron chi connectivity index (χ0n) is 10.9. The highest BCUT2D eigenvalue weighted by atomic mass is 35.5. The molecule has 0 N–H and O–H groups in total. The zero-order valence-corrected chi connectivity index (χ0v) is 11.6. The van der Waals surface area contributed by atoms with Crippen molar-refractivity contribution in [2.24, 2.45) is 7.05 Å². The van der Waals surface area contributed by atoms with Crippen molar-refractivity contribution < 1.29 is 4.79 Å². The van der Waals surface area contributed by atoms with Gasteiger partial charge < -0.3 is 9.47 Å². The predicted octanol–water partition coefficient (Wildman–Crippen LogP) is 1.87. The third-order valence-corrected chi connectivity index (χ3v) is 2.94. The van der Waals surface area contributed by atoms with E-state index in [1.54, 1.807) is 24.2 Å². The number of unbranched alkanes of at least 4 members (excludes halogenated alkanes) is 1. The summed E-state index contributed by atoms with van der Waals surface area (Å²) in [5.41, 5.74) is 0.251. The highest BCUT2D eigenvalue weighted by Crippen LogP contribution is 2.05. The van der Waals surface area contributed by atoms with Crippen LogP contribution in [0, 0.1) is 0 Å². The molecule has 1 rings (SSSR count). The molecule has 5 heteroatoms. The summed E-state index contributed by atoms with van der Waals surface area (Å²) in [6.45, 7) is 3.26. The molecule has 18 heavy (non-hydrogen) atoms. The Morgan fingerprint density at radius 2 is 2.17 bits per heavy atom. The summed E-state index contributed by atoms with van der Waals surface area (Å²) in [4.78, 5) is 25.4. The molecule has 0 aliphatic heterocycles. The molecule has 4 nitrogen and oxygen atoms in total. The second kappa shape index (κ2) is 7.21. The lowest BCUT2D eigenvalue weighted by molar-refractivity contribution is 0.0763. The van der Waals surface area contributed by atoms with Crippen LogP contribution < -0.4 is 5.56 Å². The van der Waals surface area contributed by atoms with Crippen LogP contribution in [0.1, 0.15) is 30.1 Å². The molecule has 0 saturated carbocycles. The molecule has 1 aromatic heterocycles. The molecule has 0 unspecified atom stereocenters. The number of pyridine rings is 1. The average Bonchev–Trinajstić information content (AvgIpc) is 2.37. The van der Waals surface area contributed by atoms with Gasteiger partial charge in [0.2, 0.25) is 0 Å². The predicted molar refractivity (Wildman–Crippen MR) is 73.2 cm³/mol. The van der Waals surface area contributed by atoms with E-state index in [1.807, 2.05) is 0 Å². The smallest absolute Gasteiger partial charge is 0.254 e. The maximum absolute atomic E-state index is 12.2. The van der Waals surface area contributed by atoms with Crippen LogP contribution in [-0.2, 0) is 7.05 Å². The van der Waals surface area contributed by atoms with Crippen LogP contribution in [0.2, 0.25) is 0 Å². The van der Waals surface area contributed by atoms with Crippen molar-refractivity contribution in [3.05, 3.63) is 34.2 Å². The van der Waals surface area contributed by atoms with Gasteiger partial charge in [-0.3, -0.25) is 9.59 Å². The summed E-state index contributed by atoms with van der Waals surface area (Å²) in [6.07, 6.45) is 3.56. The quantitative estimate of drug-likeness (QED) is 0.741. The number of aryl methyl sites for hydroxylation is 1. The van der Waals surface area contributed by atoms with Gasteiger partial charge in [0.1, 0.15) is 0 Å². The van der Waals surface area contributed by atoms with E-state index < -0.39 is 0 Å². The van der Waals surface area contributed by atoms with Crippen LogP contribution in [0.4, 0.5) is 0 Å². The first-order valence-corrected chi connectivity index (χ1v) is 6.65. The fraction of sp³-hybridized carbons (Fsp3) is 0.538. The molecule has 0 bridgehead atoms. The van der Waals surface area contributed by atoms with Gasteiger partial charge in [-0.2, -0.15) is 0 Å². The summed E-state index contributed by atoms with van der Waals surface area (Å²) in [5.74, 6) is 0.280. The van der Waals surface area contributed by atoms with Gasteiger partial charge in [0.05, 0.1) is 0 Å². The van der Waals surface area contributed by atoms with Crippen LogP contribution >= 0.6 is 11.6 Å². The van der Waals surface area contributed by atoms with Crippen LogP contribution in [0.5, 0.6) is 0 Å². The summed E-state index contributed by atoms with van der Waals surface area (Å²) in [6, 6.07) is 3.03. The number of rotatable bonds is 6. The van der Waals surface area contributed by atoms with Crippen LogP contribution in [-0.4, -0.2) is 34.3 Å². The normalized spacial score (nSPS) is 10.4. The second-order valence-electron chi connectivity index (χ2n) is 4.20.